The van der Waals surface area contributed by atoms with Gasteiger partial charge in [-0.25, -0.2) is 8.42 Å². The highest BCUT2D eigenvalue weighted by atomic mass is 32.2. The minimum Gasteiger partial charge on any atom is -0.322 e. The van der Waals surface area contributed by atoms with Gasteiger partial charge in [0, 0.05) is 11.3 Å². The van der Waals surface area contributed by atoms with Gasteiger partial charge in [0.15, 0.2) is 0 Å². The van der Waals surface area contributed by atoms with E-state index in [-0.39, 0.29) is 17.3 Å². The number of benzene rings is 4. The number of para-hydroxylation sites is 1. The van der Waals surface area contributed by atoms with Crippen LogP contribution in [0.1, 0.15) is 41.3 Å². The molecule has 5 nitrogen and oxygen atoms in total. The van der Waals surface area contributed by atoms with Gasteiger partial charge in [-0.2, -0.15) is 0 Å². The molecule has 0 saturated carbocycles. The number of hydrogen-bond acceptors (Lipinski definition) is 3. The summed E-state index contributed by atoms with van der Waals surface area (Å²) in [6, 6.07) is 32.4. The van der Waals surface area contributed by atoms with Crippen molar-refractivity contribution in [1.82, 2.24) is 0 Å². The van der Waals surface area contributed by atoms with E-state index in [2.05, 4.69) is 12.2 Å². The number of amides is 1. The molecule has 0 aliphatic rings. The molecule has 0 bridgehead atoms. The fourth-order valence-electron chi connectivity index (χ4n) is 3.90. The van der Waals surface area contributed by atoms with Gasteiger partial charge in [-0.05, 0) is 72.5 Å². The van der Waals surface area contributed by atoms with E-state index in [1.807, 2.05) is 42.5 Å². The number of carbonyl (C=O) groups excluding carboxylic acids is 1. The van der Waals surface area contributed by atoms with Crippen LogP contribution in [0.2, 0.25) is 0 Å². The summed E-state index contributed by atoms with van der Waals surface area (Å²) in [5, 5.41) is 2.93. The number of nitrogens with one attached hydrogen (secondary N) is 1. The Morgan fingerprint density at radius 3 is 1.94 bits per heavy atom. The van der Waals surface area contributed by atoms with Gasteiger partial charge < -0.3 is 5.32 Å². The number of sulfonamides is 1. The zero-order valence-corrected chi connectivity index (χ0v) is 21.1. The second-order valence-electron chi connectivity index (χ2n) is 8.61. The van der Waals surface area contributed by atoms with Crippen molar-refractivity contribution in [2.75, 3.05) is 9.62 Å². The van der Waals surface area contributed by atoms with Gasteiger partial charge in [-0.3, -0.25) is 9.10 Å². The summed E-state index contributed by atoms with van der Waals surface area (Å²) in [5.41, 5.74) is 3.85. The zero-order valence-electron chi connectivity index (χ0n) is 20.3. The van der Waals surface area contributed by atoms with E-state index >= 15 is 0 Å². The Labute approximate surface area is 213 Å². The highest BCUT2D eigenvalue weighted by Crippen LogP contribution is 2.26. The molecule has 0 aliphatic heterocycles. The molecule has 4 aromatic rings. The Morgan fingerprint density at radius 2 is 1.33 bits per heavy atom. The molecule has 0 atom stereocenters. The van der Waals surface area contributed by atoms with Crippen LogP contribution in [0.5, 0.6) is 0 Å². The van der Waals surface area contributed by atoms with E-state index in [0.29, 0.717) is 11.3 Å². The van der Waals surface area contributed by atoms with Gasteiger partial charge in [0.05, 0.1) is 17.1 Å². The number of nitrogens with zero attached hydrogens (tertiary/aromatic N) is 1. The molecule has 1 N–H and O–H groups in total. The first-order valence-corrected chi connectivity index (χ1v) is 13.5. The van der Waals surface area contributed by atoms with Crippen molar-refractivity contribution in [1.29, 1.82) is 0 Å². The molecular weight excluding hydrogens is 468 g/mol. The molecule has 0 fully saturated rings. The smallest absolute Gasteiger partial charge is 0.264 e. The first-order chi connectivity index (χ1) is 17.5. The van der Waals surface area contributed by atoms with Crippen LogP contribution in [0.15, 0.2) is 114 Å². The second-order valence-corrected chi connectivity index (χ2v) is 10.5. The Bertz CT molecular complexity index is 1370. The lowest BCUT2D eigenvalue weighted by atomic mass is 10.1. The van der Waals surface area contributed by atoms with Crippen molar-refractivity contribution >= 4 is 27.3 Å². The van der Waals surface area contributed by atoms with E-state index in [0.717, 1.165) is 30.5 Å². The van der Waals surface area contributed by atoms with Gasteiger partial charge in [0.1, 0.15) is 0 Å². The van der Waals surface area contributed by atoms with Crippen molar-refractivity contribution in [3.8, 4) is 0 Å². The summed E-state index contributed by atoms with van der Waals surface area (Å²) in [6.07, 6.45) is 3.33. The van der Waals surface area contributed by atoms with E-state index in [1.54, 1.807) is 66.7 Å². The third kappa shape index (κ3) is 6.20. The van der Waals surface area contributed by atoms with Crippen molar-refractivity contribution in [3.63, 3.8) is 0 Å². The molecule has 36 heavy (non-hydrogen) atoms. The number of unbranched alkanes of at least 4 members (excludes halogenated alkanes) is 1. The molecule has 184 valence electrons. The lowest BCUT2D eigenvalue weighted by Crippen LogP contribution is -2.30. The summed E-state index contributed by atoms with van der Waals surface area (Å²) in [6.45, 7) is 2.31. The quantitative estimate of drug-likeness (QED) is 0.265. The first kappa shape index (κ1) is 25.2. The van der Waals surface area contributed by atoms with Crippen molar-refractivity contribution in [3.05, 3.63) is 126 Å². The van der Waals surface area contributed by atoms with Crippen LogP contribution in [-0.2, 0) is 23.0 Å². The first-order valence-electron chi connectivity index (χ1n) is 12.1. The number of carbonyl (C=O) groups is 1. The monoisotopic (exact) mass is 498 g/mol. The summed E-state index contributed by atoms with van der Waals surface area (Å²) in [7, 11) is -3.78. The Hall–Kier alpha value is -3.90. The van der Waals surface area contributed by atoms with Crippen LogP contribution in [0, 0.1) is 0 Å². The van der Waals surface area contributed by atoms with Crippen LogP contribution in [0.3, 0.4) is 0 Å². The molecule has 0 saturated heterocycles. The topological polar surface area (TPSA) is 66.5 Å². The third-order valence-corrected chi connectivity index (χ3v) is 7.74. The average molecular weight is 499 g/mol. The Morgan fingerprint density at radius 1 is 0.750 bits per heavy atom. The van der Waals surface area contributed by atoms with Crippen LogP contribution in [0.4, 0.5) is 11.4 Å². The largest absolute Gasteiger partial charge is 0.322 e. The summed E-state index contributed by atoms with van der Waals surface area (Å²) in [5.74, 6) is -0.209. The van der Waals surface area contributed by atoms with Gasteiger partial charge in [-0.1, -0.05) is 74.0 Å². The van der Waals surface area contributed by atoms with Crippen LogP contribution >= 0.6 is 0 Å². The fourth-order valence-corrected chi connectivity index (χ4v) is 5.37. The van der Waals surface area contributed by atoms with E-state index in [4.69, 9.17) is 0 Å². The average Bonchev–Trinajstić information content (AvgIpc) is 2.92. The molecule has 4 aromatic carbocycles. The van der Waals surface area contributed by atoms with E-state index < -0.39 is 10.0 Å². The molecule has 6 heteroatoms. The lowest BCUT2D eigenvalue weighted by molar-refractivity contribution is 0.102. The van der Waals surface area contributed by atoms with Crippen LogP contribution in [-0.4, -0.2) is 14.3 Å². The van der Waals surface area contributed by atoms with Crippen molar-refractivity contribution in [2.45, 2.75) is 37.6 Å². The predicted molar refractivity (Wildman–Crippen MR) is 146 cm³/mol. The molecule has 0 heterocycles. The standard InChI is InChI=1S/C30H30N2O3S/c1-2-3-10-24-17-21-27(22-18-24)31-30(33)26-19-15-25(16-20-26)23-32(28-11-6-4-7-12-28)36(34,35)29-13-8-5-9-14-29/h4-9,11-22H,2-3,10,23H2,1H3,(H,31,33). The normalized spacial score (nSPS) is 11.1. The number of rotatable bonds is 10. The van der Waals surface area contributed by atoms with Gasteiger partial charge in [0.25, 0.3) is 15.9 Å². The van der Waals surface area contributed by atoms with Crippen LogP contribution in [0.25, 0.3) is 0 Å². The Balaban J connectivity index is 1.50. The molecule has 0 aliphatic carbocycles. The summed E-state index contributed by atoms with van der Waals surface area (Å²) < 4.78 is 28.3. The van der Waals surface area contributed by atoms with Gasteiger partial charge in [-0.15, -0.1) is 0 Å². The maximum Gasteiger partial charge on any atom is 0.264 e. The molecule has 0 aromatic heterocycles. The van der Waals surface area contributed by atoms with Crippen molar-refractivity contribution < 1.29 is 13.2 Å². The minimum atomic E-state index is -3.78. The number of aryl methyl sites for hydroxylation is 1. The van der Waals surface area contributed by atoms with Gasteiger partial charge in [0.2, 0.25) is 0 Å². The summed E-state index contributed by atoms with van der Waals surface area (Å²) >= 11 is 0. The molecule has 1 amide bonds. The van der Waals surface area contributed by atoms with Crippen molar-refractivity contribution in [2.24, 2.45) is 0 Å². The molecule has 4 rings (SSSR count). The highest BCUT2D eigenvalue weighted by Gasteiger charge is 2.25. The van der Waals surface area contributed by atoms with Crippen LogP contribution < -0.4 is 9.62 Å². The maximum absolute atomic E-state index is 13.5. The SMILES string of the molecule is CCCCc1ccc(NC(=O)c2ccc(CN(c3ccccc3)S(=O)(=O)c3ccccc3)cc2)cc1. The third-order valence-electron chi connectivity index (χ3n) is 5.95. The maximum atomic E-state index is 13.5. The van der Waals surface area contributed by atoms with Gasteiger partial charge >= 0.3 is 0 Å². The molecule has 0 unspecified atom stereocenters. The lowest BCUT2D eigenvalue weighted by Gasteiger charge is -2.25. The molecule has 0 radical (unpaired) electrons. The summed E-state index contributed by atoms with van der Waals surface area (Å²) in [4.78, 5) is 13.0. The predicted octanol–water partition coefficient (Wildman–Crippen LogP) is 6.68. The molecular formula is C30H30N2O3S. The highest BCUT2D eigenvalue weighted by molar-refractivity contribution is 7.92. The van der Waals surface area contributed by atoms with E-state index in [9.17, 15) is 13.2 Å². The Kier molecular flexibility index (Phi) is 8.18. The molecule has 0 spiro atoms. The van der Waals surface area contributed by atoms with E-state index in [1.165, 1.54) is 9.87 Å². The zero-order chi connectivity index (χ0) is 25.4. The number of hydrogen-bond donors (Lipinski definition) is 1. The second kappa shape index (κ2) is 11.7. The fraction of sp³-hybridized carbons (Fsp3) is 0.167. The minimum absolute atomic E-state index is 0.141. The number of anilines is 2.